The number of hydrogen-bond donors (Lipinski definition) is 2. The molecule has 0 bridgehead atoms. The smallest absolute Gasteiger partial charge is 0.0580 e. The molecule has 0 spiro atoms. The quantitative estimate of drug-likeness (QED) is 0.612. The maximum absolute atomic E-state index is 9.40. The average molecular weight is 143 g/mol. The summed E-state index contributed by atoms with van der Waals surface area (Å²) >= 11 is 0. The van der Waals surface area contributed by atoms with Crippen molar-refractivity contribution >= 4 is 0 Å². The molecule has 2 unspecified atom stereocenters. The van der Waals surface area contributed by atoms with Gasteiger partial charge in [-0.1, -0.05) is 6.92 Å². The van der Waals surface area contributed by atoms with Crippen molar-refractivity contribution in [2.24, 2.45) is 17.1 Å². The van der Waals surface area contributed by atoms with Gasteiger partial charge in [0.15, 0.2) is 0 Å². The minimum atomic E-state index is -0.259. The summed E-state index contributed by atoms with van der Waals surface area (Å²) in [6.45, 7) is 4.52. The predicted molar refractivity (Wildman–Crippen MR) is 41.6 cm³/mol. The van der Waals surface area contributed by atoms with Gasteiger partial charge < -0.3 is 10.8 Å². The Labute approximate surface area is 62.4 Å². The molecule has 0 aromatic heterocycles. The zero-order chi connectivity index (χ0) is 7.78. The second-order valence-corrected chi connectivity index (χ2v) is 3.66. The van der Waals surface area contributed by atoms with Gasteiger partial charge in [0.25, 0.3) is 0 Å². The molecule has 1 aliphatic carbocycles. The van der Waals surface area contributed by atoms with E-state index in [1.54, 1.807) is 0 Å². The van der Waals surface area contributed by atoms with Gasteiger partial charge in [-0.3, -0.25) is 0 Å². The molecule has 1 rings (SSSR count). The van der Waals surface area contributed by atoms with E-state index in [1.165, 1.54) is 12.8 Å². The summed E-state index contributed by atoms with van der Waals surface area (Å²) in [6.07, 6.45) is 2.24. The van der Waals surface area contributed by atoms with Crippen LogP contribution in [0.4, 0.5) is 0 Å². The minimum Gasteiger partial charge on any atom is -0.393 e. The van der Waals surface area contributed by atoms with E-state index in [9.17, 15) is 5.11 Å². The molecule has 10 heavy (non-hydrogen) atoms. The molecule has 0 heterocycles. The summed E-state index contributed by atoms with van der Waals surface area (Å²) in [5, 5.41) is 9.40. The molecule has 0 aliphatic heterocycles. The van der Waals surface area contributed by atoms with Crippen molar-refractivity contribution in [3.8, 4) is 0 Å². The van der Waals surface area contributed by atoms with Gasteiger partial charge in [0.1, 0.15) is 0 Å². The lowest BCUT2D eigenvalue weighted by molar-refractivity contribution is 0.0418. The van der Waals surface area contributed by atoms with Crippen LogP contribution in [0.15, 0.2) is 0 Å². The van der Waals surface area contributed by atoms with E-state index >= 15 is 0 Å². The van der Waals surface area contributed by atoms with Gasteiger partial charge in [0, 0.05) is 12.0 Å². The first-order valence-corrected chi connectivity index (χ1v) is 3.99. The zero-order valence-corrected chi connectivity index (χ0v) is 6.80. The molecule has 1 fully saturated rings. The Hall–Kier alpha value is -0.0800. The molecule has 0 aromatic rings. The minimum absolute atomic E-state index is 0.0139. The van der Waals surface area contributed by atoms with Crippen molar-refractivity contribution in [3.05, 3.63) is 0 Å². The number of aliphatic hydroxyl groups excluding tert-OH is 1. The fraction of sp³-hybridized carbons (Fsp3) is 1.00. The Morgan fingerprint density at radius 1 is 1.70 bits per heavy atom. The highest BCUT2D eigenvalue weighted by Gasteiger charge is 2.43. The molecule has 2 atom stereocenters. The third-order valence-corrected chi connectivity index (χ3v) is 2.90. The van der Waals surface area contributed by atoms with Crippen LogP contribution in [0.3, 0.4) is 0 Å². The van der Waals surface area contributed by atoms with E-state index in [4.69, 9.17) is 5.73 Å². The van der Waals surface area contributed by atoms with E-state index < -0.39 is 0 Å². The van der Waals surface area contributed by atoms with Crippen molar-refractivity contribution in [2.75, 3.05) is 6.54 Å². The standard InChI is InChI=1S/C8H17NO/c1-6(10)8(2,5-9)7-3-4-7/h6-7,10H,3-5,9H2,1-2H3. The van der Waals surface area contributed by atoms with Gasteiger partial charge >= 0.3 is 0 Å². The van der Waals surface area contributed by atoms with Crippen molar-refractivity contribution in [3.63, 3.8) is 0 Å². The molecule has 1 saturated carbocycles. The van der Waals surface area contributed by atoms with Crippen molar-refractivity contribution in [1.29, 1.82) is 0 Å². The van der Waals surface area contributed by atoms with Gasteiger partial charge in [-0.2, -0.15) is 0 Å². The largest absolute Gasteiger partial charge is 0.393 e. The fourth-order valence-electron chi connectivity index (χ4n) is 1.42. The van der Waals surface area contributed by atoms with E-state index in [1.807, 2.05) is 6.92 Å². The lowest BCUT2D eigenvalue weighted by Crippen LogP contribution is -2.39. The van der Waals surface area contributed by atoms with Gasteiger partial charge in [-0.05, 0) is 25.7 Å². The SMILES string of the molecule is CC(O)C(C)(CN)C1CC1. The van der Waals surface area contributed by atoms with Crippen LogP contribution >= 0.6 is 0 Å². The van der Waals surface area contributed by atoms with Gasteiger partial charge in [0.2, 0.25) is 0 Å². The Balaban J connectivity index is 2.56. The van der Waals surface area contributed by atoms with Crippen LogP contribution in [0.1, 0.15) is 26.7 Å². The Kier molecular flexibility index (Phi) is 2.02. The molecule has 0 aromatic carbocycles. The third kappa shape index (κ3) is 1.18. The molecule has 2 nitrogen and oxygen atoms in total. The molecular weight excluding hydrogens is 126 g/mol. The first kappa shape index (κ1) is 8.02. The molecule has 0 saturated heterocycles. The molecule has 0 radical (unpaired) electrons. The zero-order valence-electron chi connectivity index (χ0n) is 6.80. The second kappa shape index (κ2) is 2.51. The summed E-state index contributed by atoms with van der Waals surface area (Å²) in [5.41, 5.74) is 5.58. The first-order valence-electron chi connectivity index (χ1n) is 3.99. The van der Waals surface area contributed by atoms with E-state index in [0.717, 1.165) is 0 Å². The monoisotopic (exact) mass is 143 g/mol. The van der Waals surface area contributed by atoms with Crippen LogP contribution < -0.4 is 5.73 Å². The Bertz CT molecular complexity index is 116. The van der Waals surface area contributed by atoms with Gasteiger partial charge in [0.05, 0.1) is 6.10 Å². The lowest BCUT2D eigenvalue weighted by Gasteiger charge is -2.31. The van der Waals surface area contributed by atoms with Crippen LogP contribution in [0.2, 0.25) is 0 Å². The highest BCUT2D eigenvalue weighted by molar-refractivity contribution is 4.94. The van der Waals surface area contributed by atoms with Crippen LogP contribution in [0.25, 0.3) is 0 Å². The molecular formula is C8H17NO. The topological polar surface area (TPSA) is 46.2 Å². The van der Waals surface area contributed by atoms with Crippen molar-refractivity contribution < 1.29 is 5.11 Å². The van der Waals surface area contributed by atoms with E-state index in [-0.39, 0.29) is 11.5 Å². The normalized spacial score (nSPS) is 27.6. The molecule has 0 amide bonds. The first-order chi connectivity index (χ1) is 4.61. The number of nitrogens with two attached hydrogens (primary N) is 1. The highest BCUT2D eigenvalue weighted by atomic mass is 16.3. The van der Waals surface area contributed by atoms with E-state index in [2.05, 4.69) is 6.92 Å². The highest BCUT2D eigenvalue weighted by Crippen LogP contribution is 2.46. The lowest BCUT2D eigenvalue weighted by atomic mass is 9.80. The third-order valence-electron chi connectivity index (χ3n) is 2.90. The summed E-state index contributed by atoms with van der Waals surface area (Å²) in [4.78, 5) is 0. The summed E-state index contributed by atoms with van der Waals surface area (Å²) < 4.78 is 0. The molecule has 2 heteroatoms. The van der Waals surface area contributed by atoms with Gasteiger partial charge in [-0.25, -0.2) is 0 Å². The van der Waals surface area contributed by atoms with Gasteiger partial charge in [-0.15, -0.1) is 0 Å². The maximum Gasteiger partial charge on any atom is 0.0580 e. The summed E-state index contributed by atoms with van der Waals surface area (Å²) in [5.74, 6) is 0.678. The second-order valence-electron chi connectivity index (χ2n) is 3.66. The average Bonchev–Trinajstić information content (AvgIpc) is 2.67. The Morgan fingerprint density at radius 2 is 2.20 bits per heavy atom. The van der Waals surface area contributed by atoms with Crippen molar-refractivity contribution in [2.45, 2.75) is 32.8 Å². The van der Waals surface area contributed by atoms with Crippen molar-refractivity contribution in [1.82, 2.24) is 0 Å². The summed E-state index contributed by atoms with van der Waals surface area (Å²) in [7, 11) is 0. The van der Waals surface area contributed by atoms with Crippen LogP contribution in [-0.2, 0) is 0 Å². The van der Waals surface area contributed by atoms with Crippen LogP contribution in [0.5, 0.6) is 0 Å². The number of rotatable bonds is 3. The fourth-order valence-corrected chi connectivity index (χ4v) is 1.42. The molecule has 60 valence electrons. The maximum atomic E-state index is 9.40. The molecule has 3 N–H and O–H groups in total. The molecule has 1 aliphatic rings. The van der Waals surface area contributed by atoms with Crippen LogP contribution in [-0.4, -0.2) is 17.8 Å². The summed E-state index contributed by atoms with van der Waals surface area (Å²) in [6, 6.07) is 0. The number of hydrogen-bond acceptors (Lipinski definition) is 2. The van der Waals surface area contributed by atoms with Crippen LogP contribution in [0, 0.1) is 11.3 Å². The van der Waals surface area contributed by atoms with E-state index in [0.29, 0.717) is 12.5 Å². The predicted octanol–water partition coefficient (Wildman–Crippen LogP) is 0.742. The Morgan fingerprint density at radius 3 is 2.30 bits per heavy atom. The number of aliphatic hydroxyl groups is 1.